The van der Waals surface area contributed by atoms with E-state index in [4.69, 9.17) is 15.6 Å². The van der Waals surface area contributed by atoms with Crippen molar-refractivity contribution >= 4 is 5.97 Å². The Balaban J connectivity index is 3.99. The number of ether oxygens (including phenoxy) is 1. The van der Waals surface area contributed by atoms with Crippen LogP contribution in [0.15, 0.2) is 0 Å². The fourth-order valence-corrected chi connectivity index (χ4v) is 0.626. The van der Waals surface area contributed by atoms with Gasteiger partial charge in [0, 0.05) is 6.54 Å². The first-order valence-electron chi connectivity index (χ1n) is 3.47. The smallest absolute Gasteiger partial charge is 0.334 e. The summed E-state index contributed by atoms with van der Waals surface area (Å²) in [4.78, 5) is 10.4. The molecule has 0 bridgehead atoms. The van der Waals surface area contributed by atoms with E-state index in [1.165, 1.54) is 0 Å². The maximum Gasteiger partial charge on any atom is 0.334 e. The number of carboxylic acids is 1. The number of aliphatic carboxylic acids is 1. The fraction of sp³-hybridized carbons (Fsp3) is 0.857. The van der Waals surface area contributed by atoms with Gasteiger partial charge in [0.25, 0.3) is 0 Å². The minimum atomic E-state index is -1.01. The molecule has 0 aromatic heterocycles. The van der Waals surface area contributed by atoms with E-state index < -0.39 is 17.7 Å². The van der Waals surface area contributed by atoms with Crippen molar-refractivity contribution in [2.45, 2.75) is 32.5 Å². The van der Waals surface area contributed by atoms with Gasteiger partial charge in [0.1, 0.15) is 0 Å². The highest BCUT2D eigenvalue weighted by Crippen LogP contribution is 2.09. The first-order valence-corrected chi connectivity index (χ1v) is 3.47. The van der Waals surface area contributed by atoms with Crippen LogP contribution >= 0.6 is 0 Å². The van der Waals surface area contributed by atoms with Crippen molar-refractivity contribution < 1.29 is 14.6 Å². The number of hydrogen-bond donors (Lipinski definition) is 2. The average molecular weight is 161 g/mol. The highest BCUT2D eigenvalue weighted by atomic mass is 16.5. The molecule has 0 spiro atoms. The van der Waals surface area contributed by atoms with E-state index in [0.29, 0.717) is 0 Å². The highest BCUT2D eigenvalue weighted by molar-refractivity contribution is 5.72. The monoisotopic (exact) mass is 161 g/mol. The van der Waals surface area contributed by atoms with Gasteiger partial charge in [-0.1, -0.05) is 0 Å². The molecule has 0 fully saturated rings. The number of hydrogen-bond acceptors (Lipinski definition) is 3. The molecule has 0 unspecified atom stereocenters. The molecule has 0 heterocycles. The van der Waals surface area contributed by atoms with Crippen LogP contribution < -0.4 is 5.73 Å². The molecule has 0 rings (SSSR count). The normalized spacial score (nSPS) is 14.5. The number of carboxylic acid groups (broad SMARTS) is 1. The number of rotatable bonds is 3. The molecule has 4 nitrogen and oxygen atoms in total. The Morgan fingerprint density at radius 3 is 2.18 bits per heavy atom. The third-order valence-electron chi connectivity index (χ3n) is 0.985. The molecule has 3 N–H and O–H groups in total. The van der Waals surface area contributed by atoms with Crippen LogP contribution in [0, 0.1) is 0 Å². The standard InChI is InChI=1S/C7H15NO3/c1-7(2,3)11-5(4-8)6(9)10/h5H,4,8H2,1-3H3,(H,9,10)/t5-/m1/s1. The van der Waals surface area contributed by atoms with Crippen LogP contribution in [0.2, 0.25) is 0 Å². The van der Waals surface area contributed by atoms with E-state index >= 15 is 0 Å². The third kappa shape index (κ3) is 4.75. The summed E-state index contributed by atoms with van der Waals surface area (Å²) in [5.74, 6) is -1.01. The van der Waals surface area contributed by atoms with Crippen molar-refractivity contribution in [1.82, 2.24) is 0 Å². The molecule has 0 aromatic carbocycles. The molecule has 0 radical (unpaired) electrons. The second kappa shape index (κ2) is 3.69. The lowest BCUT2D eigenvalue weighted by Crippen LogP contribution is -2.38. The van der Waals surface area contributed by atoms with Gasteiger partial charge in [-0.25, -0.2) is 4.79 Å². The average Bonchev–Trinajstić information content (AvgIpc) is 1.80. The van der Waals surface area contributed by atoms with Gasteiger partial charge in [-0.15, -0.1) is 0 Å². The van der Waals surface area contributed by atoms with Crippen molar-refractivity contribution in [2.24, 2.45) is 5.73 Å². The molecular formula is C7H15NO3. The molecule has 0 saturated heterocycles. The summed E-state index contributed by atoms with van der Waals surface area (Å²) in [6.45, 7) is 5.38. The molecule has 0 aliphatic rings. The van der Waals surface area contributed by atoms with Gasteiger partial charge >= 0.3 is 5.97 Å². The quantitative estimate of drug-likeness (QED) is 0.620. The van der Waals surface area contributed by atoms with E-state index in [9.17, 15) is 4.79 Å². The molecule has 66 valence electrons. The summed E-state index contributed by atoms with van der Waals surface area (Å²) in [5, 5.41) is 8.53. The van der Waals surface area contributed by atoms with Gasteiger partial charge in [-0.05, 0) is 20.8 Å². The second-order valence-corrected chi connectivity index (χ2v) is 3.29. The fourth-order valence-electron chi connectivity index (χ4n) is 0.626. The number of carbonyl (C=O) groups is 1. The van der Waals surface area contributed by atoms with Crippen LogP contribution in [0.5, 0.6) is 0 Å². The second-order valence-electron chi connectivity index (χ2n) is 3.29. The zero-order valence-corrected chi connectivity index (χ0v) is 7.13. The lowest BCUT2D eigenvalue weighted by atomic mass is 10.2. The van der Waals surface area contributed by atoms with Gasteiger partial charge < -0.3 is 15.6 Å². The largest absolute Gasteiger partial charge is 0.479 e. The van der Waals surface area contributed by atoms with Crippen LogP contribution in [0.4, 0.5) is 0 Å². The summed E-state index contributed by atoms with van der Waals surface area (Å²) in [6.07, 6.45) is -0.894. The van der Waals surface area contributed by atoms with E-state index in [2.05, 4.69) is 0 Å². The molecule has 0 aliphatic heterocycles. The molecule has 0 saturated carbocycles. The Morgan fingerprint density at radius 2 is 2.09 bits per heavy atom. The van der Waals surface area contributed by atoms with Crippen LogP contribution in [0.1, 0.15) is 20.8 Å². The van der Waals surface area contributed by atoms with Gasteiger partial charge in [0.15, 0.2) is 6.10 Å². The van der Waals surface area contributed by atoms with Gasteiger partial charge in [0.05, 0.1) is 5.60 Å². The van der Waals surface area contributed by atoms with E-state index in [1.54, 1.807) is 20.8 Å². The Hall–Kier alpha value is -0.610. The van der Waals surface area contributed by atoms with Gasteiger partial charge in [-0.3, -0.25) is 0 Å². The van der Waals surface area contributed by atoms with E-state index in [1.807, 2.05) is 0 Å². The summed E-state index contributed by atoms with van der Waals surface area (Å²) < 4.78 is 5.12. The lowest BCUT2D eigenvalue weighted by Gasteiger charge is -2.23. The minimum Gasteiger partial charge on any atom is -0.479 e. The number of nitrogens with two attached hydrogens (primary N) is 1. The molecule has 0 aliphatic carbocycles. The zero-order chi connectivity index (χ0) is 9.07. The van der Waals surface area contributed by atoms with Crippen molar-refractivity contribution in [1.29, 1.82) is 0 Å². The molecule has 0 aromatic rings. The van der Waals surface area contributed by atoms with Crippen LogP contribution in [-0.2, 0) is 9.53 Å². The zero-order valence-electron chi connectivity index (χ0n) is 7.13. The van der Waals surface area contributed by atoms with Crippen molar-refractivity contribution in [3.05, 3.63) is 0 Å². The predicted molar refractivity (Wildman–Crippen MR) is 41.3 cm³/mol. The maximum absolute atomic E-state index is 10.4. The lowest BCUT2D eigenvalue weighted by molar-refractivity contribution is -0.158. The summed E-state index contributed by atoms with van der Waals surface area (Å²) >= 11 is 0. The first kappa shape index (κ1) is 10.4. The Morgan fingerprint density at radius 1 is 1.64 bits per heavy atom. The van der Waals surface area contributed by atoms with Crippen LogP contribution in [0.3, 0.4) is 0 Å². The predicted octanol–water partition coefficient (Wildman–Crippen LogP) is 0.213. The molecule has 0 amide bonds. The summed E-state index contributed by atoms with van der Waals surface area (Å²) in [5.41, 5.74) is 4.72. The maximum atomic E-state index is 10.4. The van der Waals surface area contributed by atoms with Gasteiger partial charge in [-0.2, -0.15) is 0 Å². The first-order chi connectivity index (χ1) is 4.87. The van der Waals surface area contributed by atoms with E-state index in [0.717, 1.165) is 0 Å². The Labute approximate surface area is 66.3 Å². The van der Waals surface area contributed by atoms with Crippen LogP contribution in [0.25, 0.3) is 0 Å². The Kier molecular flexibility index (Phi) is 3.48. The van der Waals surface area contributed by atoms with Gasteiger partial charge in [0.2, 0.25) is 0 Å². The van der Waals surface area contributed by atoms with E-state index in [-0.39, 0.29) is 6.54 Å². The molecular weight excluding hydrogens is 146 g/mol. The molecule has 4 heteroatoms. The summed E-state index contributed by atoms with van der Waals surface area (Å²) in [6, 6.07) is 0. The SMILES string of the molecule is CC(C)(C)O[C@H](CN)C(=O)O. The Bertz CT molecular complexity index is 139. The molecule has 11 heavy (non-hydrogen) atoms. The third-order valence-corrected chi connectivity index (χ3v) is 0.985. The van der Waals surface area contributed by atoms with Crippen molar-refractivity contribution in [2.75, 3.05) is 6.54 Å². The van der Waals surface area contributed by atoms with Crippen molar-refractivity contribution in [3.8, 4) is 0 Å². The molecule has 1 atom stereocenters. The van der Waals surface area contributed by atoms with Crippen LogP contribution in [-0.4, -0.2) is 29.3 Å². The topological polar surface area (TPSA) is 72.5 Å². The summed E-state index contributed by atoms with van der Waals surface area (Å²) in [7, 11) is 0. The van der Waals surface area contributed by atoms with Crippen molar-refractivity contribution in [3.63, 3.8) is 0 Å². The highest BCUT2D eigenvalue weighted by Gasteiger charge is 2.22. The minimum absolute atomic E-state index is 0.00655.